The lowest BCUT2D eigenvalue weighted by Gasteiger charge is -2.12. The van der Waals surface area contributed by atoms with Crippen LogP contribution in [0.3, 0.4) is 0 Å². The summed E-state index contributed by atoms with van der Waals surface area (Å²) in [5.74, 6) is 2.00. The summed E-state index contributed by atoms with van der Waals surface area (Å²) in [6, 6.07) is 22.0. The molecule has 2 nitrogen and oxygen atoms in total. The monoisotopic (exact) mass is 431 g/mol. The van der Waals surface area contributed by atoms with Crippen LogP contribution in [-0.4, -0.2) is 4.57 Å². The predicted octanol–water partition coefficient (Wildman–Crippen LogP) is 7.48. The van der Waals surface area contributed by atoms with Gasteiger partial charge in [0, 0.05) is 6.42 Å². The maximum atomic E-state index is 2.67. The number of nitrogens with zero attached hydrogens (tertiary/aromatic N) is 2. The highest BCUT2D eigenvalue weighted by atomic mass is 15.2. The van der Waals surface area contributed by atoms with Crippen LogP contribution in [0.2, 0.25) is 0 Å². The number of rotatable bonds is 14. The third-order valence-corrected chi connectivity index (χ3v) is 6.58. The molecular weight excluding hydrogens is 388 g/mol. The van der Waals surface area contributed by atoms with Gasteiger partial charge in [-0.25, -0.2) is 9.13 Å². The van der Waals surface area contributed by atoms with Crippen LogP contribution < -0.4 is 4.57 Å². The normalized spacial score (nSPS) is 12.2. The maximum absolute atomic E-state index is 2.67. The van der Waals surface area contributed by atoms with E-state index in [1.807, 2.05) is 0 Å². The van der Waals surface area contributed by atoms with E-state index in [-0.39, 0.29) is 0 Å². The molecule has 0 spiro atoms. The van der Waals surface area contributed by atoms with Gasteiger partial charge in [0.2, 0.25) is 0 Å². The third kappa shape index (κ3) is 7.08. The van der Waals surface area contributed by atoms with E-state index < -0.39 is 0 Å². The summed E-state index contributed by atoms with van der Waals surface area (Å²) in [6.07, 6.45) is 13.8. The third-order valence-electron chi connectivity index (χ3n) is 6.58. The van der Waals surface area contributed by atoms with Crippen molar-refractivity contribution in [3.8, 4) is 0 Å². The number of hydrogen-bond acceptors (Lipinski definition) is 0. The fourth-order valence-electron chi connectivity index (χ4n) is 4.75. The van der Waals surface area contributed by atoms with Crippen LogP contribution in [-0.2, 0) is 25.9 Å². The molecule has 32 heavy (non-hydrogen) atoms. The zero-order valence-corrected chi connectivity index (χ0v) is 20.6. The Labute approximate surface area is 196 Å². The molecule has 3 rings (SSSR count). The quantitative estimate of drug-likeness (QED) is 0.185. The molecule has 0 radical (unpaired) electrons. The highest BCUT2D eigenvalue weighted by Gasteiger charge is 2.24. The molecule has 2 aromatic carbocycles. The molecule has 1 heterocycles. The van der Waals surface area contributed by atoms with Crippen LogP contribution in [0.4, 0.5) is 0 Å². The lowest BCUT2D eigenvalue weighted by molar-refractivity contribution is -0.703. The summed E-state index contributed by atoms with van der Waals surface area (Å²) in [5, 5.41) is 0. The summed E-state index contributed by atoms with van der Waals surface area (Å²) in [4.78, 5) is 0. The molecule has 0 fully saturated rings. The van der Waals surface area contributed by atoms with E-state index in [0.717, 1.165) is 25.9 Å². The van der Waals surface area contributed by atoms with Crippen molar-refractivity contribution >= 4 is 0 Å². The fraction of sp³-hybridized carbons (Fsp3) is 0.500. The first-order chi connectivity index (χ1) is 15.7. The second kappa shape index (κ2) is 13.3. The van der Waals surface area contributed by atoms with Gasteiger partial charge in [-0.2, -0.15) is 0 Å². The molecule has 0 saturated heterocycles. The second-order valence-electron chi connectivity index (χ2n) is 9.33. The molecule has 1 unspecified atom stereocenters. The van der Waals surface area contributed by atoms with Crippen LogP contribution in [0.5, 0.6) is 0 Å². The Hall–Kier alpha value is -2.35. The van der Waals surface area contributed by atoms with Gasteiger partial charge in [0.1, 0.15) is 11.9 Å². The number of hydrogen-bond donors (Lipinski definition) is 0. The number of imidazole rings is 1. The Morgan fingerprint density at radius 3 is 2.12 bits per heavy atom. The molecule has 1 atom stereocenters. The minimum absolute atomic E-state index is 0.522. The van der Waals surface area contributed by atoms with E-state index in [0.29, 0.717) is 5.92 Å². The molecule has 0 bridgehead atoms. The van der Waals surface area contributed by atoms with Crippen molar-refractivity contribution in [2.45, 2.75) is 97.6 Å². The predicted molar refractivity (Wildman–Crippen MR) is 136 cm³/mol. The molecule has 0 N–H and O–H groups in total. The molecule has 0 amide bonds. The van der Waals surface area contributed by atoms with Gasteiger partial charge in [-0.05, 0) is 36.3 Å². The second-order valence-corrected chi connectivity index (χ2v) is 9.33. The van der Waals surface area contributed by atoms with Gasteiger partial charge in [0.05, 0.1) is 19.5 Å². The minimum atomic E-state index is 0.522. The van der Waals surface area contributed by atoms with E-state index >= 15 is 0 Å². The van der Waals surface area contributed by atoms with Crippen LogP contribution in [0.1, 0.15) is 94.3 Å². The van der Waals surface area contributed by atoms with Crippen molar-refractivity contribution < 1.29 is 4.57 Å². The molecule has 0 saturated carbocycles. The molecular formula is C30H43N2+. The lowest BCUT2D eigenvalue weighted by atomic mass is 9.96. The van der Waals surface area contributed by atoms with Gasteiger partial charge in [-0.15, -0.1) is 0 Å². The molecule has 3 aromatic rings. The molecule has 172 valence electrons. The smallest absolute Gasteiger partial charge is 0.234 e. The van der Waals surface area contributed by atoms with E-state index in [1.54, 1.807) is 0 Å². The van der Waals surface area contributed by atoms with Gasteiger partial charge < -0.3 is 0 Å². The van der Waals surface area contributed by atoms with Crippen LogP contribution in [0, 0.1) is 0 Å². The van der Waals surface area contributed by atoms with Gasteiger partial charge >= 0.3 is 0 Å². The Bertz CT molecular complexity index is 895. The Morgan fingerprint density at radius 2 is 1.44 bits per heavy atom. The average Bonchev–Trinajstić information content (AvgIpc) is 3.13. The first kappa shape index (κ1) is 24.3. The molecule has 1 aromatic heterocycles. The van der Waals surface area contributed by atoms with Crippen LogP contribution in [0.25, 0.3) is 0 Å². The van der Waals surface area contributed by atoms with Crippen molar-refractivity contribution in [3.63, 3.8) is 0 Å². The van der Waals surface area contributed by atoms with Gasteiger partial charge in [0.25, 0.3) is 5.82 Å². The largest absolute Gasteiger partial charge is 0.261 e. The number of aryl methyl sites for hydroxylation is 1. The van der Waals surface area contributed by atoms with Crippen LogP contribution >= 0.6 is 0 Å². The summed E-state index contributed by atoms with van der Waals surface area (Å²) >= 11 is 0. The molecule has 2 heteroatoms. The van der Waals surface area contributed by atoms with E-state index in [1.165, 1.54) is 67.6 Å². The van der Waals surface area contributed by atoms with Crippen molar-refractivity contribution in [2.75, 3.05) is 0 Å². The Kier molecular flexibility index (Phi) is 10.1. The van der Waals surface area contributed by atoms with Gasteiger partial charge in [0.15, 0.2) is 0 Å². The highest BCUT2D eigenvalue weighted by molar-refractivity contribution is 5.22. The standard InChI is InChI=1S/C30H43N2/c1-4-6-7-8-9-16-22-32-29(23-26(3)28-19-14-11-15-20-28)25-31(21-5-2)30(32)24-27-17-12-10-13-18-27/h10-15,17-20,25-26H,4-9,16,21-24H2,1-3H3/q+1. The molecule has 0 aliphatic carbocycles. The first-order valence-electron chi connectivity index (χ1n) is 12.9. The minimum Gasteiger partial charge on any atom is -0.234 e. The van der Waals surface area contributed by atoms with E-state index in [2.05, 4.69) is 96.8 Å². The summed E-state index contributed by atoms with van der Waals surface area (Å²) < 4.78 is 5.21. The summed E-state index contributed by atoms with van der Waals surface area (Å²) in [5.41, 5.74) is 4.34. The van der Waals surface area contributed by atoms with Crippen LogP contribution in [0.15, 0.2) is 66.9 Å². The van der Waals surface area contributed by atoms with E-state index in [4.69, 9.17) is 0 Å². The van der Waals surface area contributed by atoms with Gasteiger partial charge in [-0.3, -0.25) is 0 Å². The summed E-state index contributed by atoms with van der Waals surface area (Å²) in [6.45, 7) is 9.19. The highest BCUT2D eigenvalue weighted by Crippen LogP contribution is 2.22. The van der Waals surface area contributed by atoms with Crippen molar-refractivity contribution in [1.82, 2.24) is 4.57 Å². The average molecular weight is 432 g/mol. The zero-order valence-electron chi connectivity index (χ0n) is 20.6. The van der Waals surface area contributed by atoms with Crippen molar-refractivity contribution in [1.29, 1.82) is 0 Å². The van der Waals surface area contributed by atoms with Gasteiger partial charge in [-0.1, -0.05) is 107 Å². The van der Waals surface area contributed by atoms with Crippen molar-refractivity contribution in [2.24, 2.45) is 0 Å². The number of aromatic nitrogens is 2. The Morgan fingerprint density at radius 1 is 0.781 bits per heavy atom. The molecule has 0 aliphatic heterocycles. The SMILES string of the molecule is CCCCCCCCn1c(CC(C)c2ccccc2)c[n+](CCC)c1Cc1ccccc1. The summed E-state index contributed by atoms with van der Waals surface area (Å²) in [7, 11) is 0. The fourth-order valence-corrected chi connectivity index (χ4v) is 4.75. The zero-order chi connectivity index (χ0) is 22.6. The van der Waals surface area contributed by atoms with Crippen molar-refractivity contribution in [3.05, 3.63) is 89.5 Å². The lowest BCUT2D eigenvalue weighted by Crippen LogP contribution is -2.37. The number of unbranched alkanes of at least 4 members (excludes halogenated alkanes) is 5. The molecule has 0 aliphatic rings. The maximum Gasteiger partial charge on any atom is 0.261 e. The van der Waals surface area contributed by atoms with E-state index in [9.17, 15) is 0 Å². The Balaban J connectivity index is 1.84. The number of benzene rings is 2. The first-order valence-corrected chi connectivity index (χ1v) is 12.9. The topological polar surface area (TPSA) is 8.81 Å².